The molecule has 14 heavy (non-hydrogen) atoms. The summed E-state index contributed by atoms with van der Waals surface area (Å²) < 4.78 is 7.07. The fraction of sp³-hybridized carbons (Fsp3) is 0.667. The van der Waals surface area contributed by atoms with E-state index in [2.05, 4.69) is 21.1 Å². The topological polar surface area (TPSA) is 39.1 Å². The number of anilines is 1. The number of thioether (sulfide) groups is 1. The first-order valence-electron chi connectivity index (χ1n) is 4.61. The third kappa shape index (κ3) is 3.59. The summed E-state index contributed by atoms with van der Waals surface area (Å²) in [5, 5.41) is 3.28. The van der Waals surface area contributed by atoms with Crippen molar-refractivity contribution in [2.45, 2.75) is 6.54 Å². The summed E-state index contributed by atoms with van der Waals surface area (Å²) >= 11 is 1.82. The van der Waals surface area contributed by atoms with Crippen molar-refractivity contribution in [3.8, 4) is 0 Å². The zero-order valence-electron chi connectivity index (χ0n) is 8.69. The Labute approximate surface area is 89.0 Å². The van der Waals surface area contributed by atoms with Crippen molar-refractivity contribution in [3.05, 3.63) is 12.4 Å². The monoisotopic (exact) mass is 215 g/mol. The molecule has 0 aromatic carbocycles. The normalized spacial score (nSPS) is 10.4. The van der Waals surface area contributed by atoms with Crippen molar-refractivity contribution in [2.24, 2.45) is 0 Å². The second kappa shape index (κ2) is 6.73. The SMILES string of the molecule is COCCn1ccnc1NCCSC. The van der Waals surface area contributed by atoms with Gasteiger partial charge >= 0.3 is 0 Å². The molecule has 0 aliphatic rings. The molecule has 4 nitrogen and oxygen atoms in total. The van der Waals surface area contributed by atoms with Crippen molar-refractivity contribution in [3.63, 3.8) is 0 Å². The lowest BCUT2D eigenvalue weighted by molar-refractivity contribution is 0.187. The molecule has 0 saturated carbocycles. The van der Waals surface area contributed by atoms with Crippen molar-refractivity contribution in [1.29, 1.82) is 0 Å². The molecule has 0 aliphatic heterocycles. The molecule has 0 bridgehead atoms. The summed E-state index contributed by atoms with van der Waals surface area (Å²) in [6.07, 6.45) is 5.86. The highest BCUT2D eigenvalue weighted by Crippen LogP contribution is 2.04. The van der Waals surface area contributed by atoms with Crippen molar-refractivity contribution in [2.75, 3.05) is 37.6 Å². The van der Waals surface area contributed by atoms with E-state index in [1.54, 1.807) is 13.3 Å². The van der Waals surface area contributed by atoms with E-state index in [-0.39, 0.29) is 0 Å². The minimum atomic E-state index is 0.716. The number of imidazole rings is 1. The van der Waals surface area contributed by atoms with Gasteiger partial charge in [-0.3, -0.25) is 0 Å². The minimum Gasteiger partial charge on any atom is -0.383 e. The summed E-state index contributed by atoms with van der Waals surface area (Å²) in [5.74, 6) is 2.02. The van der Waals surface area contributed by atoms with E-state index in [4.69, 9.17) is 4.74 Å². The molecule has 0 radical (unpaired) electrons. The maximum Gasteiger partial charge on any atom is 0.202 e. The maximum atomic E-state index is 5.02. The van der Waals surface area contributed by atoms with Crippen LogP contribution in [0.3, 0.4) is 0 Å². The Morgan fingerprint density at radius 3 is 3.21 bits per heavy atom. The lowest BCUT2D eigenvalue weighted by Gasteiger charge is -2.08. The van der Waals surface area contributed by atoms with Crippen LogP contribution in [0, 0.1) is 0 Å². The van der Waals surface area contributed by atoms with Crippen LogP contribution >= 0.6 is 11.8 Å². The molecule has 5 heteroatoms. The Balaban J connectivity index is 2.37. The second-order valence-corrected chi connectivity index (χ2v) is 3.84. The summed E-state index contributed by atoms with van der Waals surface area (Å²) in [6.45, 7) is 2.51. The van der Waals surface area contributed by atoms with E-state index in [1.165, 1.54) is 0 Å². The molecule has 1 rings (SSSR count). The molecular formula is C9H17N3OS. The molecule has 0 unspecified atom stereocenters. The van der Waals surface area contributed by atoms with Gasteiger partial charge in [0.15, 0.2) is 0 Å². The van der Waals surface area contributed by atoms with Gasteiger partial charge in [0.2, 0.25) is 5.95 Å². The van der Waals surface area contributed by atoms with Gasteiger partial charge in [0.1, 0.15) is 0 Å². The van der Waals surface area contributed by atoms with Crippen molar-refractivity contribution >= 4 is 17.7 Å². The number of aromatic nitrogens is 2. The van der Waals surface area contributed by atoms with Crippen molar-refractivity contribution in [1.82, 2.24) is 9.55 Å². The third-order valence-electron chi connectivity index (χ3n) is 1.84. The zero-order chi connectivity index (χ0) is 10.2. The Morgan fingerprint density at radius 1 is 1.64 bits per heavy atom. The quantitative estimate of drug-likeness (QED) is 0.696. The number of nitrogens with one attached hydrogen (secondary N) is 1. The van der Waals surface area contributed by atoms with Crippen LogP contribution in [-0.4, -0.2) is 41.8 Å². The molecular weight excluding hydrogens is 198 g/mol. The number of ether oxygens (including phenoxy) is 1. The molecule has 0 fully saturated rings. The third-order valence-corrected chi connectivity index (χ3v) is 2.45. The number of nitrogens with zero attached hydrogens (tertiary/aromatic N) is 2. The highest BCUT2D eigenvalue weighted by molar-refractivity contribution is 7.98. The van der Waals surface area contributed by atoms with E-state index < -0.39 is 0 Å². The minimum absolute atomic E-state index is 0.716. The molecule has 0 spiro atoms. The van der Waals surface area contributed by atoms with Gasteiger partial charge < -0.3 is 14.6 Å². The standard InChI is InChI=1S/C9H17N3OS/c1-13-7-6-12-5-3-10-9(12)11-4-8-14-2/h3,5H,4,6-8H2,1-2H3,(H,10,11). The van der Waals surface area contributed by atoms with Gasteiger partial charge in [-0.05, 0) is 6.26 Å². The average Bonchev–Trinajstić information content (AvgIpc) is 2.63. The largest absolute Gasteiger partial charge is 0.383 e. The van der Waals surface area contributed by atoms with Gasteiger partial charge in [0.05, 0.1) is 6.61 Å². The lowest BCUT2D eigenvalue weighted by atomic mass is 10.6. The number of hydrogen-bond donors (Lipinski definition) is 1. The summed E-state index contributed by atoms with van der Waals surface area (Å²) in [6, 6.07) is 0. The van der Waals surface area contributed by atoms with Gasteiger partial charge in [-0.1, -0.05) is 0 Å². The Bertz CT molecular complexity index is 252. The fourth-order valence-corrected chi connectivity index (χ4v) is 1.42. The maximum absolute atomic E-state index is 5.02. The molecule has 1 aromatic rings. The predicted molar refractivity (Wildman–Crippen MR) is 61.0 cm³/mol. The highest BCUT2D eigenvalue weighted by Gasteiger charge is 2.00. The molecule has 80 valence electrons. The van der Waals surface area contributed by atoms with Crippen LogP contribution in [0.5, 0.6) is 0 Å². The summed E-state index contributed by atoms with van der Waals surface area (Å²) in [4.78, 5) is 4.23. The average molecular weight is 215 g/mol. The van der Waals surface area contributed by atoms with Crippen molar-refractivity contribution < 1.29 is 4.74 Å². The molecule has 1 aromatic heterocycles. The highest BCUT2D eigenvalue weighted by atomic mass is 32.2. The smallest absolute Gasteiger partial charge is 0.202 e. The predicted octanol–water partition coefficient (Wildman–Crippen LogP) is 1.30. The Kier molecular flexibility index (Phi) is 5.47. The van der Waals surface area contributed by atoms with E-state index in [0.717, 1.165) is 24.8 Å². The van der Waals surface area contributed by atoms with E-state index in [9.17, 15) is 0 Å². The van der Waals surface area contributed by atoms with E-state index in [0.29, 0.717) is 6.61 Å². The van der Waals surface area contributed by atoms with Crippen LogP contribution in [0.4, 0.5) is 5.95 Å². The Hall–Kier alpha value is -0.680. The van der Waals surface area contributed by atoms with Crippen LogP contribution in [0.25, 0.3) is 0 Å². The van der Waals surface area contributed by atoms with E-state index >= 15 is 0 Å². The van der Waals surface area contributed by atoms with Crippen LogP contribution in [0.2, 0.25) is 0 Å². The first-order chi connectivity index (χ1) is 6.88. The number of rotatable bonds is 7. The molecule has 0 amide bonds. The van der Waals surface area contributed by atoms with Gasteiger partial charge in [-0.15, -0.1) is 0 Å². The van der Waals surface area contributed by atoms with Crippen LogP contribution in [-0.2, 0) is 11.3 Å². The van der Waals surface area contributed by atoms with Crippen LogP contribution < -0.4 is 5.32 Å². The van der Waals surface area contributed by atoms with Crippen LogP contribution in [0.15, 0.2) is 12.4 Å². The molecule has 0 saturated heterocycles. The first kappa shape index (κ1) is 11.4. The molecule has 1 N–H and O–H groups in total. The molecule has 1 heterocycles. The first-order valence-corrected chi connectivity index (χ1v) is 6.00. The number of methoxy groups -OCH3 is 1. The molecule has 0 atom stereocenters. The van der Waals surface area contributed by atoms with Gasteiger partial charge in [-0.25, -0.2) is 4.98 Å². The number of hydrogen-bond acceptors (Lipinski definition) is 4. The zero-order valence-corrected chi connectivity index (χ0v) is 9.51. The second-order valence-electron chi connectivity index (χ2n) is 2.86. The lowest BCUT2D eigenvalue weighted by Crippen LogP contribution is -2.12. The molecule has 0 aliphatic carbocycles. The van der Waals surface area contributed by atoms with E-state index in [1.807, 2.05) is 18.0 Å². The van der Waals surface area contributed by atoms with Crippen LogP contribution in [0.1, 0.15) is 0 Å². The summed E-state index contributed by atoms with van der Waals surface area (Å²) in [7, 11) is 1.71. The summed E-state index contributed by atoms with van der Waals surface area (Å²) in [5.41, 5.74) is 0. The fourth-order valence-electron chi connectivity index (χ4n) is 1.11. The van der Waals surface area contributed by atoms with Gasteiger partial charge in [-0.2, -0.15) is 11.8 Å². The van der Waals surface area contributed by atoms with Gasteiger partial charge in [0, 0.05) is 38.3 Å². The Morgan fingerprint density at radius 2 is 2.50 bits per heavy atom. The van der Waals surface area contributed by atoms with Gasteiger partial charge in [0.25, 0.3) is 0 Å².